The topological polar surface area (TPSA) is 50.6 Å². The quantitative estimate of drug-likeness (QED) is 0.478. The fourth-order valence-electron chi connectivity index (χ4n) is 2.88. The number of nitrogens with zero attached hydrogens (tertiary/aromatic N) is 1. The number of ether oxygens (including phenoxy) is 1. The smallest absolute Gasteiger partial charge is 1.00 e. The van der Waals surface area contributed by atoms with Crippen molar-refractivity contribution in [3.8, 4) is 0 Å². The maximum absolute atomic E-state index is 11.7. The fraction of sp³-hybridized carbons (Fsp3) is 0.467. The van der Waals surface area contributed by atoms with Crippen LogP contribution < -0.4 is 15.8 Å². The van der Waals surface area contributed by atoms with Crippen molar-refractivity contribution in [3.63, 3.8) is 0 Å². The van der Waals surface area contributed by atoms with Crippen LogP contribution in [0.25, 0.3) is 5.52 Å². The molecule has 1 aliphatic rings. The molecule has 7 heteroatoms. The number of hydrogen-bond donors (Lipinski definition) is 1. The summed E-state index contributed by atoms with van der Waals surface area (Å²) >= 11 is 3.68. The van der Waals surface area contributed by atoms with Crippen LogP contribution in [0, 0.1) is 0 Å². The number of pyridine rings is 1. The third kappa shape index (κ3) is 3.13. The molecule has 0 bridgehead atoms. The third-order valence-corrected chi connectivity index (χ3v) is 8.14. The van der Waals surface area contributed by atoms with Crippen molar-refractivity contribution in [2.24, 2.45) is 0 Å². The second kappa shape index (κ2) is 7.02. The monoisotopic (exact) mass is 453 g/mol. The summed E-state index contributed by atoms with van der Waals surface area (Å²) < 4.78 is 8.92. The number of rotatable bonds is 2. The molecule has 1 saturated carbocycles. The summed E-state index contributed by atoms with van der Waals surface area (Å²) in [4.78, 5) is 11.7. The van der Waals surface area contributed by atoms with Crippen molar-refractivity contribution >= 4 is 42.1 Å². The van der Waals surface area contributed by atoms with Crippen LogP contribution in [-0.4, -0.2) is 32.9 Å². The summed E-state index contributed by atoms with van der Waals surface area (Å²) in [6.45, 7) is 0. The molecule has 2 heterocycles. The molecule has 0 aromatic carbocycles. The van der Waals surface area contributed by atoms with E-state index in [9.17, 15) is 9.90 Å². The minimum atomic E-state index is -0.686. The number of methoxy groups -OCH3 is 1. The molecular formula is C15H17BrClNO3Se. The zero-order chi connectivity index (χ0) is 15.0. The van der Waals surface area contributed by atoms with E-state index < -0.39 is 5.60 Å². The van der Waals surface area contributed by atoms with Crippen LogP contribution >= 0.6 is 15.9 Å². The van der Waals surface area contributed by atoms with Gasteiger partial charge in [-0.2, -0.15) is 0 Å². The standard InChI is InChI=1S/C15H17BrNO3Se.ClH/c1-20-14(18)10-5-8-17-11(9-10)12(16)13(21-17)15(19)6-3-2-4-7-15;/h5,8-9,19H,2-4,6-7H2,1H3;1H/q+1;/p-1. The molecule has 0 radical (unpaired) electrons. The SMILES string of the molecule is COC(=O)c1cc[n+]2[se]c(C3(O)CCCCC3)c(Br)c2c1.[Cl-]. The van der Waals surface area contributed by atoms with Crippen LogP contribution in [0.2, 0.25) is 0 Å². The van der Waals surface area contributed by atoms with Crippen molar-refractivity contribution in [2.45, 2.75) is 37.7 Å². The zero-order valence-electron chi connectivity index (χ0n) is 12.1. The molecule has 3 rings (SSSR count). The van der Waals surface area contributed by atoms with E-state index in [0.717, 1.165) is 40.1 Å². The second-order valence-electron chi connectivity index (χ2n) is 5.44. The van der Waals surface area contributed by atoms with E-state index >= 15 is 0 Å². The summed E-state index contributed by atoms with van der Waals surface area (Å²) in [6.07, 6.45) is 6.92. The van der Waals surface area contributed by atoms with Gasteiger partial charge in [0.25, 0.3) is 0 Å². The Morgan fingerprint density at radius 2 is 2.09 bits per heavy atom. The van der Waals surface area contributed by atoms with Gasteiger partial charge in [0.05, 0.1) is 0 Å². The van der Waals surface area contributed by atoms with Crippen LogP contribution in [0.3, 0.4) is 0 Å². The Kier molecular flexibility index (Phi) is 5.73. The van der Waals surface area contributed by atoms with Crippen LogP contribution in [0.15, 0.2) is 22.8 Å². The van der Waals surface area contributed by atoms with Gasteiger partial charge in [0.15, 0.2) is 0 Å². The predicted octanol–water partition coefficient (Wildman–Crippen LogP) is -0.813. The van der Waals surface area contributed by atoms with E-state index in [1.165, 1.54) is 13.5 Å². The third-order valence-electron chi connectivity index (χ3n) is 4.06. The maximum Gasteiger partial charge on any atom is -1.00 e. The largest absolute Gasteiger partial charge is 1.00 e. The van der Waals surface area contributed by atoms with Gasteiger partial charge in [0.2, 0.25) is 0 Å². The van der Waals surface area contributed by atoms with Gasteiger partial charge in [0, 0.05) is 0 Å². The molecule has 0 unspecified atom stereocenters. The molecule has 0 atom stereocenters. The zero-order valence-corrected chi connectivity index (χ0v) is 16.2. The van der Waals surface area contributed by atoms with E-state index in [-0.39, 0.29) is 33.1 Å². The molecule has 0 amide bonds. The predicted molar refractivity (Wildman–Crippen MR) is 82.6 cm³/mol. The van der Waals surface area contributed by atoms with E-state index in [0.29, 0.717) is 5.56 Å². The molecule has 1 N–H and O–H groups in total. The Balaban J connectivity index is 0.00000176. The van der Waals surface area contributed by atoms with Crippen molar-refractivity contribution < 1.29 is 30.4 Å². The first-order chi connectivity index (χ1) is 10.0. The Morgan fingerprint density at radius 3 is 2.73 bits per heavy atom. The molecule has 2 aromatic heterocycles. The first kappa shape index (κ1) is 18.0. The van der Waals surface area contributed by atoms with Crippen LogP contribution in [0.1, 0.15) is 46.9 Å². The molecule has 0 spiro atoms. The first-order valence-corrected chi connectivity index (χ1v) is 9.42. The van der Waals surface area contributed by atoms with Gasteiger partial charge in [-0.25, -0.2) is 0 Å². The van der Waals surface area contributed by atoms with Gasteiger partial charge >= 0.3 is 138 Å². The molecule has 4 nitrogen and oxygen atoms in total. The molecule has 0 saturated heterocycles. The molecule has 1 fully saturated rings. The number of aliphatic hydroxyl groups is 1. The van der Waals surface area contributed by atoms with Gasteiger partial charge in [-0.15, -0.1) is 0 Å². The van der Waals surface area contributed by atoms with E-state index in [1.54, 1.807) is 6.07 Å². The summed E-state index contributed by atoms with van der Waals surface area (Å²) in [5.74, 6) is -0.337. The number of aromatic nitrogens is 1. The molecule has 22 heavy (non-hydrogen) atoms. The van der Waals surface area contributed by atoms with E-state index in [4.69, 9.17) is 4.74 Å². The number of carbonyl (C=O) groups is 1. The van der Waals surface area contributed by atoms with E-state index in [1.807, 2.05) is 12.3 Å². The van der Waals surface area contributed by atoms with Gasteiger partial charge in [-0.3, -0.25) is 0 Å². The Bertz CT molecular complexity index is 697. The summed E-state index contributed by atoms with van der Waals surface area (Å²) in [5, 5.41) is 11.0. The number of esters is 1. The Hall–Kier alpha value is -0.391. The number of fused-ring (bicyclic) bond motifs is 1. The Morgan fingerprint density at radius 1 is 1.41 bits per heavy atom. The molecular weight excluding hydrogens is 436 g/mol. The van der Waals surface area contributed by atoms with E-state index in [2.05, 4.69) is 19.3 Å². The molecule has 2 aromatic rings. The normalized spacial score (nSPS) is 17.0. The second-order valence-corrected chi connectivity index (χ2v) is 8.30. The number of hydrogen-bond acceptors (Lipinski definition) is 3. The van der Waals surface area contributed by atoms with Gasteiger partial charge in [-0.05, 0) is 0 Å². The van der Waals surface area contributed by atoms with Gasteiger partial charge in [0.1, 0.15) is 0 Å². The maximum atomic E-state index is 11.7. The average molecular weight is 454 g/mol. The number of halogens is 2. The van der Waals surface area contributed by atoms with Crippen molar-refractivity contribution in [1.82, 2.24) is 0 Å². The minimum absolute atomic E-state index is 0. The summed E-state index contributed by atoms with van der Waals surface area (Å²) in [6, 6.07) is 3.60. The number of carbonyl (C=O) groups excluding carboxylic acids is 1. The van der Waals surface area contributed by atoms with Crippen LogP contribution in [-0.2, 0) is 10.3 Å². The minimum Gasteiger partial charge on any atom is -1.00 e. The molecule has 120 valence electrons. The van der Waals surface area contributed by atoms with Gasteiger partial charge < -0.3 is 12.4 Å². The first-order valence-electron chi connectivity index (χ1n) is 7.00. The van der Waals surface area contributed by atoms with Crippen LogP contribution in [0.4, 0.5) is 0 Å². The average Bonchev–Trinajstić information content (AvgIpc) is 2.84. The van der Waals surface area contributed by atoms with Crippen molar-refractivity contribution in [3.05, 3.63) is 32.8 Å². The summed E-state index contributed by atoms with van der Waals surface area (Å²) in [7, 11) is 1.38. The van der Waals surface area contributed by atoms with Crippen molar-refractivity contribution in [1.29, 1.82) is 0 Å². The Labute approximate surface area is 150 Å². The van der Waals surface area contributed by atoms with Crippen molar-refractivity contribution in [2.75, 3.05) is 7.11 Å². The molecule has 0 aliphatic heterocycles. The fourth-order valence-corrected chi connectivity index (χ4v) is 6.54. The molecule has 1 aliphatic carbocycles. The summed E-state index contributed by atoms with van der Waals surface area (Å²) in [5.41, 5.74) is 0.800. The van der Waals surface area contributed by atoms with Crippen LogP contribution in [0.5, 0.6) is 0 Å². The van der Waals surface area contributed by atoms with Gasteiger partial charge in [-0.1, -0.05) is 0 Å².